The second-order valence-electron chi connectivity index (χ2n) is 5.32. The summed E-state index contributed by atoms with van der Waals surface area (Å²) in [4.78, 5) is 10.7. The Bertz CT molecular complexity index is 403. The Balaban J connectivity index is 2.94. The van der Waals surface area contributed by atoms with E-state index in [1.165, 1.54) is 0 Å². The van der Waals surface area contributed by atoms with Gasteiger partial charge < -0.3 is 55.4 Å². The van der Waals surface area contributed by atoms with E-state index in [0.29, 0.717) is 0 Å². The molecule has 5 unspecified atom stereocenters. The van der Waals surface area contributed by atoms with Gasteiger partial charge in [0.25, 0.3) is 0 Å². The van der Waals surface area contributed by atoms with Crippen LogP contribution in [-0.4, -0.2) is 120 Å². The first-order valence-electron chi connectivity index (χ1n) is 6.99. The molecule has 9 N–H and O–H groups in total. The summed E-state index contributed by atoms with van der Waals surface area (Å²) in [5.74, 6) is -1.84. The first-order chi connectivity index (χ1) is 11.1. The van der Waals surface area contributed by atoms with Crippen LogP contribution in [0.25, 0.3) is 0 Å². The minimum atomic E-state index is -2.39. The Kier molecular flexibility index (Phi) is 7.88. The van der Waals surface area contributed by atoms with E-state index < -0.39 is 74.3 Å². The summed E-state index contributed by atoms with van der Waals surface area (Å²) >= 11 is 0. The van der Waals surface area contributed by atoms with Gasteiger partial charge in [0.05, 0.1) is 13.2 Å². The third-order valence-electron chi connectivity index (χ3n) is 3.62. The van der Waals surface area contributed by atoms with Gasteiger partial charge in [0, 0.05) is 0 Å². The summed E-state index contributed by atoms with van der Waals surface area (Å²) in [6.45, 7) is -1.76. The van der Waals surface area contributed by atoms with Crippen LogP contribution in [0.1, 0.15) is 0 Å². The summed E-state index contributed by atoms with van der Waals surface area (Å²) < 4.78 is 9.98. The van der Waals surface area contributed by atoms with Crippen LogP contribution >= 0.6 is 0 Å². The quantitative estimate of drug-likeness (QED) is 0.198. The molecule has 24 heavy (non-hydrogen) atoms. The molecule has 9 atom stereocenters. The van der Waals surface area contributed by atoms with Crippen LogP contribution in [0.3, 0.4) is 0 Å². The molecule has 12 heteroatoms. The highest BCUT2D eigenvalue weighted by Crippen LogP contribution is 2.24. The third-order valence-corrected chi connectivity index (χ3v) is 3.62. The maximum absolute atomic E-state index is 10.7. The van der Waals surface area contributed by atoms with E-state index in [0.717, 1.165) is 0 Å². The lowest BCUT2D eigenvalue weighted by Crippen LogP contribution is -2.61. The zero-order valence-corrected chi connectivity index (χ0v) is 12.4. The van der Waals surface area contributed by atoms with E-state index >= 15 is 0 Å². The fourth-order valence-corrected chi connectivity index (χ4v) is 2.16. The minimum absolute atomic E-state index is 0.766. The molecule has 1 saturated heterocycles. The van der Waals surface area contributed by atoms with Crippen molar-refractivity contribution in [3.8, 4) is 0 Å². The maximum Gasteiger partial charge on any atom is 0.335 e. The molecule has 0 aromatic carbocycles. The highest BCUT2D eigenvalue weighted by molar-refractivity contribution is 5.72. The molecule has 1 aliphatic rings. The molecule has 0 radical (unpaired) electrons. The monoisotopic (exact) mass is 358 g/mol. The number of hydrogen-bond donors (Lipinski definition) is 9. The van der Waals surface area contributed by atoms with Crippen molar-refractivity contribution in [2.75, 3.05) is 13.2 Å². The number of ether oxygens (including phenoxy) is 2. The van der Waals surface area contributed by atoms with E-state index in [1.807, 2.05) is 0 Å². The topological polar surface area (TPSA) is 218 Å². The number of aliphatic hydroxyl groups is 8. The van der Waals surface area contributed by atoms with Crippen LogP contribution in [0.5, 0.6) is 0 Å². The van der Waals surface area contributed by atoms with Gasteiger partial charge in [0.2, 0.25) is 0 Å². The van der Waals surface area contributed by atoms with Crippen molar-refractivity contribution in [2.45, 2.75) is 55.1 Å². The Hall–Kier alpha value is -0.930. The lowest BCUT2D eigenvalue weighted by molar-refractivity contribution is -0.326. The standard InChI is InChI=1S/C12H22O12/c13-1-3(15)10(7(18)8(19)11(21)22)24-12-9(20)6(17)5(16)4(2-14)23-12/h3-10,12-20H,1-2H2,(H,21,22)/t3?,4-,5+,6+,7?,8?,9?,10?,12+/m1/s1. The van der Waals surface area contributed by atoms with Crippen molar-refractivity contribution >= 4 is 5.97 Å². The number of carboxylic acid groups (broad SMARTS) is 1. The molecule has 0 spiro atoms. The molecule has 0 saturated carbocycles. The molecular formula is C12H22O12. The normalized spacial score (nSPS) is 35.9. The number of aliphatic carboxylic acids is 1. The molecule has 0 aliphatic carbocycles. The summed E-state index contributed by atoms with van der Waals surface area (Å²) in [5.41, 5.74) is 0. The van der Waals surface area contributed by atoms with Crippen LogP contribution in [0.15, 0.2) is 0 Å². The molecular weight excluding hydrogens is 336 g/mol. The molecule has 0 aromatic heterocycles. The molecule has 1 aliphatic heterocycles. The molecule has 0 bridgehead atoms. The SMILES string of the molecule is O=C(O)C(O)C(O)C(O[C@@H]1O[C@H](CO)[C@H](O)[C@H](O)C1O)C(O)CO. The third kappa shape index (κ3) is 4.58. The second kappa shape index (κ2) is 8.96. The van der Waals surface area contributed by atoms with Gasteiger partial charge in [-0.25, -0.2) is 4.79 Å². The Labute approximate surface area is 135 Å². The Morgan fingerprint density at radius 2 is 1.62 bits per heavy atom. The van der Waals surface area contributed by atoms with Crippen LogP contribution in [0.4, 0.5) is 0 Å². The predicted molar refractivity (Wildman–Crippen MR) is 71.4 cm³/mol. The lowest BCUT2D eigenvalue weighted by Gasteiger charge is -2.42. The second-order valence-corrected chi connectivity index (χ2v) is 5.32. The number of carboxylic acids is 1. The van der Waals surface area contributed by atoms with Gasteiger partial charge in [-0.05, 0) is 0 Å². The average Bonchev–Trinajstić information content (AvgIpc) is 2.57. The molecule has 1 rings (SSSR count). The zero-order chi connectivity index (χ0) is 18.6. The van der Waals surface area contributed by atoms with Gasteiger partial charge in [-0.2, -0.15) is 0 Å². The smallest absolute Gasteiger partial charge is 0.335 e. The summed E-state index contributed by atoms with van der Waals surface area (Å²) in [7, 11) is 0. The lowest BCUT2D eigenvalue weighted by atomic mass is 9.98. The fourth-order valence-electron chi connectivity index (χ4n) is 2.16. The maximum atomic E-state index is 10.7. The Morgan fingerprint density at radius 1 is 1.04 bits per heavy atom. The molecule has 0 amide bonds. The van der Waals surface area contributed by atoms with E-state index in [-0.39, 0.29) is 0 Å². The van der Waals surface area contributed by atoms with E-state index in [1.54, 1.807) is 0 Å². The highest BCUT2D eigenvalue weighted by Gasteiger charge is 2.47. The van der Waals surface area contributed by atoms with Gasteiger partial charge in [0.15, 0.2) is 12.4 Å². The van der Waals surface area contributed by atoms with Crippen molar-refractivity contribution in [2.24, 2.45) is 0 Å². The summed E-state index contributed by atoms with van der Waals surface area (Å²) in [6.07, 6.45) is -16.9. The zero-order valence-electron chi connectivity index (χ0n) is 12.4. The van der Waals surface area contributed by atoms with Crippen LogP contribution in [-0.2, 0) is 14.3 Å². The molecule has 0 aromatic rings. The van der Waals surface area contributed by atoms with Gasteiger partial charge in [-0.3, -0.25) is 0 Å². The highest BCUT2D eigenvalue weighted by atomic mass is 16.7. The van der Waals surface area contributed by atoms with E-state index in [9.17, 15) is 35.4 Å². The van der Waals surface area contributed by atoms with Crippen LogP contribution in [0.2, 0.25) is 0 Å². The first kappa shape index (κ1) is 21.1. The number of hydrogen-bond acceptors (Lipinski definition) is 11. The Morgan fingerprint density at radius 3 is 2.08 bits per heavy atom. The van der Waals surface area contributed by atoms with Crippen molar-refractivity contribution in [1.82, 2.24) is 0 Å². The van der Waals surface area contributed by atoms with Crippen molar-refractivity contribution in [3.63, 3.8) is 0 Å². The predicted octanol–water partition coefficient (Wildman–Crippen LogP) is -5.67. The van der Waals surface area contributed by atoms with Crippen LogP contribution in [0, 0.1) is 0 Å². The van der Waals surface area contributed by atoms with Gasteiger partial charge >= 0.3 is 5.97 Å². The van der Waals surface area contributed by atoms with Crippen molar-refractivity contribution in [1.29, 1.82) is 0 Å². The number of rotatable bonds is 8. The summed E-state index contributed by atoms with van der Waals surface area (Å²) in [5, 5.41) is 84.5. The summed E-state index contributed by atoms with van der Waals surface area (Å²) in [6, 6.07) is 0. The number of carbonyl (C=O) groups is 1. The molecule has 12 nitrogen and oxygen atoms in total. The van der Waals surface area contributed by atoms with Gasteiger partial charge in [0.1, 0.15) is 42.7 Å². The average molecular weight is 358 g/mol. The first-order valence-corrected chi connectivity index (χ1v) is 6.99. The van der Waals surface area contributed by atoms with E-state index in [2.05, 4.69) is 0 Å². The van der Waals surface area contributed by atoms with E-state index in [4.69, 9.17) is 24.8 Å². The van der Waals surface area contributed by atoms with Crippen molar-refractivity contribution < 1.29 is 60.2 Å². The largest absolute Gasteiger partial charge is 0.479 e. The van der Waals surface area contributed by atoms with Gasteiger partial charge in [-0.1, -0.05) is 0 Å². The fraction of sp³-hybridized carbons (Fsp3) is 0.917. The van der Waals surface area contributed by atoms with Crippen LogP contribution < -0.4 is 0 Å². The molecule has 1 heterocycles. The molecule has 1 fully saturated rings. The van der Waals surface area contributed by atoms with Gasteiger partial charge in [-0.15, -0.1) is 0 Å². The molecule has 142 valence electrons. The van der Waals surface area contributed by atoms with Crippen molar-refractivity contribution in [3.05, 3.63) is 0 Å². The number of aliphatic hydroxyl groups excluding tert-OH is 8. The minimum Gasteiger partial charge on any atom is -0.479 e.